The minimum atomic E-state index is -0.174. The molecule has 0 aliphatic heterocycles. The van der Waals surface area contributed by atoms with Gasteiger partial charge < -0.3 is 15.8 Å². The van der Waals surface area contributed by atoms with Crippen molar-refractivity contribution in [3.05, 3.63) is 48.0 Å². The molecule has 104 valence electrons. The fraction of sp³-hybridized carbons (Fsp3) is 0.133. The quantitative estimate of drug-likeness (QED) is 0.669. The Hall–Kier alpha value is -2.14. The van der Waals surface area contributed by atoms with Gasteiger partial charge in [-0.15, -0.1) is 11.8 Å². The summed E-state index contributed by atoms with van der Waals surface area (Å²) in [4.78, 5) is 13.2. The van der Waals surface area contributed by atoms with E-state index in [1.807, 2.05) is 24.5 Å². The van der Waals surface area contributed by atoms with Crippen LogP contribution in [0.5, 0.6) is 5.75 Å². The van der Waals surface area contributed by atoms with Crippen LogP contribution in [0.4, 0.5) is 11.4 Å². The van der Waals surface area contributed by atoms with Gasteiger partial charge in [-0.3, -0.25) is 4.79 Å². The van der Waals surface area contributed by atoms with Gasteiger partial charge in [0.2, 0.25) is 0 Å². The fourth-order valence-electron chi connectivity index (χ4n) is 1.80. The summed E-state index contributed by atoms with van der Waals surface area (Å²) in [5.74, 6) is 0.483. The number of amides is 1. The fourth-order valence-corrected chi connectivity index (χ4v) is 2.40. The van der Waals surface area contributed by atoms with Crippen molar-refractivity contribution in [2.24, 2.45) is 0 Å². The van der Waals surface area contributed by atoms with E-state index < -0.39 is 0 Å². The van der Waals surface area contributed by atoms with Gasteiger partial charge in [-0.05, 0) is 30.5 Å². The standard InChI is InChI=1S/C15H16N2O2S/c1-19-10-7-8-13(12(16)9-10)17-15(18)11-5-3-4-6-14(11)20-2/h3-9H,16H2,1-2H3,(H,17,18). The van der Waals surface area contributed by atoms with Gasteiger partial charge in [0.1, 0.15) is 5.75 Å². The number of hydrogen-bond donors (Lipinski definition) is 2. The summed E-state index contributed by atoms with van der Waals surface area (Å²) in [6, 6.07) is 12.6. The zero-order chi connectivity index (χ0) is 14.5. The van der Waals surface area contributed by atoms with Crippen LogP contribution in [0.15, 0.2) is 47.4 Å². The predicted octanol–water partition coefficient (Wildman–Crippen LogP) is 3.25. The van der Waals surface area contributed by atoms with Crippen molar-refractivity contribution in [1.29, 1.82) is 0 Å². The first-order valence-electron chi connectivity index (χ1n) is 6.03. The number of nitrogens with two attached hydrogens (primary N) is 1. The molecular weight excluding hydrogens is 272 g/mol. The summed E-state index contributed by atoms with van der Waals surface area (Å²) in [6.07, 6.45) is 1.94. The molecule has 0 atom stereocenters. The minimum absolute atomic E-state index is 0.174. The van der Waals surface area contributed by atoms with E-state index in [1.165, 1.54) is 11.8 Å². The lowest BCUT2D eigenvalue weighted by molar-refractivity contribution is 0.102. The molecule has 2 aromatic rings. The summed E-state index contributed by atoms with van der Waals surface area (Å²) in [6.45, 7) is 0. The second-order valence-corrected chi connectivity index (χ2v) is 4.96. The molecule has 0 aliphatic rings. The van der Waals surface area contributed by atoms with E-state index in [9.17, 15) is 4.79 Å². The van der Waals surface area contributed by atoms with E-state index in [4.69, 9.17) is 10.5 Å². The van der Waals surface area contributed by atoms with Gasteiger partial charge in [-0.25, -0.2) is 0 Å². The minimum Gasteiger partial charge on any atom is -0.497 e. The second-order valence-electron chi connectivity index (χ2n) is 4.11. The highest BCUT2D eigenvalue weighted by Crippen LogP contribution is 2.26. The molecule has 0 bridgehead atoms. The number of carbonyl (C=O) groups excluding carboxylic acids is 1. The highest BCUT2D eigenvalue weighted by Gasteiger charge is 2.12. The van der Waals surface area contributed by atoms with Crippen molar-refractivity contribution in [2.45, 2.75) is 4.90 Å². The third kappa shape index (κ3) is 3.05. The van der Waals surface area contributed by atoms with Gasteiger partial charge in [0.25, 0.3) is 5.91 Å². The van der Waals surface area contributed by atoms with Gasteiger partial charge in [-0.2, -0.15) is 0 Å². The summed E-state index contributed by atoms with van der Waals surface area (Å²) >= 11 is 1.53. The van der Waals surface area contributed by atoms with Crippen molar-refractivity contribution in [1.82, 2.24) is 0 Å². The van der Waals surface area contributed by atoms with Gasteiger partial charge in [0.05, 0.1) is 24.0 Å². The molecule has 0 radical (unpaired) electrons. The number of hydrogen-bond acceptors (Lipinski definition) is 4. The Labute approximate surface area is 122 Å². The van der Waals surface area contributed by atoms with Gasteiger partial charge in [0.15, 0.2) is 0 Å². The van der Waals surface area contributed by atoms with Crippen LogP contribution in [0.3, 0.4) is 0 Å². The van der Waals surface area contributed by atoms with E-state index in [2.05, 4.69) is 5.32 Å². The number of thioether (sulfide) groups is 1. The average Bonchev–Trinajstić information content (AvgIpc) is 2.49. The Bertz CT molecular complexity index is 629. The van der Waals surface area contributed by atoms with Crippen molar-refractivity contribution in [3.8, 4) is 5.75 Å². The maximum Gasteiger partial charge on any atom is 0.256 e. The molecule has 0 heterocycles. The Morgan fingerprint density at radius 2 is 2.00 bits per heavy atom. The molecule has 4 nitrogen and oxygen atoms in total. The number of nitrogen functional groups attached to an aromatic ring is 1. The molecule has 0 aliphatic carbocycles. The molecular formula is C15H16N2O2S. The Morgan fingerprint density at radius 1 is 1.25 bits per heavy atom. The summed E-state index contributed by atoms with van der Waals surface area (Å²) in [7, 11) is 1.57. The highest BCUT2D eigenvalue weighted by atomic mass is 32.2. The molecule has 0 saturated carbocycles. The van der Waals surface area contributed by atoms with Gasteiger partial charge >= 0.3 is 0 Å². The zero-order valence-corrected chi connectivity index (χ0v) is 12.2. The van der Waals surface area contributed by atoms with Crippen molar-refractivity contribution in [2.75, 3.05) is 24.4 Å². The van der Waals surface area contributed by atoms with Crippen LogP contribution < -0.4 is 15.8 Å². The zero-order valence-electron chi connectivity index (χ0n) is 11.3. The van der Waals surface area contributed by atoms with Crippen LogP contribution in [-0.2, 0) is 0 Å². The monoisotopic (exact) mass is 288 g/mol. The Kier molecular flexibility index (Phi) is 4.53. The van der Waals surface area contributed by atoms with E-state index in [0.717, 1.165) is 4.90 Å². The third-order valence-electron chi connectivity index (χ3n) is 2.86. The van der Waals surface area contributed by atoms with Crippen molar-refractivity contribution in [3.63, 3.8) is 0 Å². The normalized spacial score (nSPS) is 10.1. The number of ether oxygens (including phenoxy) is 1. The SMILES string of the molecule is COc1ccc(NC(=O)c2ccccc2SC)c(N)c1. The van der Waals surface area contributed by atoms with Gasteiger partial charge in [0, 0.05) is 11.0 Å². The van der Waals surface area contributed by atoms with E-state index in [-0.39, 0.29) is 5.91 Å². The maximum atomic E-state index is 12.3. The maximum absolute atomic E-state index is 12.3. The van der Waals surface area contributed by atoms with Crippen LogP contribution in [-0.4, -0.2) is 19.3 Å². The summed E-state index contributed by atoms with van der Waals surface area (Å²) in [5.41, 5.74) is 7.58. The second kappa shape index (κ2) is 6.34. The molecule has 2 rings (SSSR count). The smallest absolute Gasteiger partial charge is 0.256 e. The lowest BCUT2D eigenvalue weighted by Crippen LogP contribution is -2.14. The molecule has 3 N–H and O–H groups in total. The lowest BCUT2D eigenvalue weighted by Gasteiger charge is -2.11. The van der Waals surface area contributed by atoms with Gasteiger partial charge in [-0.1, -0.05) is 12.1 Å². The number of nitrogens with one attached hydrogen (secondary N) is 1. The molecule has 2 aromatic carbocycles. The van der Waals surface area contributed by atoms with E-state index >= 15 is 0 Å². The largest absolute Gasteiger partial charge is 0.497 e. The number of benzene rings is 2. The molecule has 1 amide bonds. The first kappa shape index (κ1) is 14.3. The molecule has 0 unspecified atom stereocenters. The predicted molar refractivity (Wildman–Crippen MR) is 83.6 cm³/mol. The Morgan fingerprint density at radius 3 is 2.65 bits per heavy atom. The first-order valence-corrected chi connectivity index (χ1v) is 7.26. The number of carbonyl (C=O) groups is 1. The van der Waals surface area contributed by atoms with Crippen LogP contribution in [0, 0.1) is 0 Å². The van der Waals surface area contributed by atoms with Crippen LogP contribution in [0.1, 0.15) is 10.4 Å². The molecule has 20 heavy (non-hydrogen) atoms. The molecule has 0 fully saturated rings. The number of rotatable bonds is 4. The first-order chi connectivity index (χ1) is 9.65. The average molecular weight is 288 g/mol. The molecule has 0 spiro atoms. The third-order valence-corrected chi connectivity index (χ3v) is 3.65. The Balaban J connectivity index is 2.23. The van der Waals surface area contributed by atoms with Crippen LogP contribution >= 0.6 is 11.8 Å². The van der Waals surface area contributed by atoms with E-state index in [0.29, 0.717) is 22.7 Å². The topological polar surface area (TPSA) is 64.3 Å². The van der Waals surface area contributed by atoms with Crippen LogP contribution in [0.25, 0.3) is 0 Å². The number of methoxy groups -OCH3 is 1. The van der Waals surface area contributed by atoms with E-state index in [1.54, 1.807) is 31.4 Å². The van der Waals surface area contributed by atoms with Crippen molar-refractivity contribution < 1.29 is 9.53 Å². The molecule has 0 aromatic heterocycles. The molecule has 5 heteroatoms. The molecule has 0 saturated heterocycles. The summed E-state index contributed by atoms with van der Waals surface area (Å²) < 4.78 is 5.08. The van der Waals surface area contributed by atoms with Crippen molar-refractivity contribution >= 4 is 29.0 Å². The lowest BCUT2D eigenvalue weighted by atomic mass is 10.2. The number of anilines is 2. The highest BCUT2D eigenvalue weighted by molar-refractivity contribution is 7.98. The summed E-state index contributed by atoms with van der Waals surface area (Å²) in [5, 5.41) is 2.82. The van der Waals surface area contributed by atoms with Crippen LogP contribution in [0.2, 0.25) is 0 Å².